The molecule has 0 saturated carbocycles. The molecule has 0 aromatic heterocycles. The third-order valence-electron chi connectivity index (χ3n) is 4.29. The number of benzene rings is 3. The number of carboxylic acids is 1. The van der Waals surface area contributed by atoms with Gasteiger partial charge in [-0.05, 0) is 42.0 Å². The van der Waals surface area contributed by atoms with Crippen LogP contribution in [-0.4, -0.2) is 16.9 Å². The quantitative estimate of drug-likeness (QED) is 0.569. The minimum absolute atomic E-state index is 0.140. The van der Waals surface area contributed by atoms with Gasteiger partial charge in [0, 0.05) is 23.1 Å². The molecule has 4 rings (SSSR count). The molecule has 4 heteroatoms. The number of aromatic carboxylic acids is 1. The van der Waals surface area contributed by atoms with Crippen molar-refractivity contribution in [2.75, 3.05) is 0 Å². The van der Waals surface area contributed by atoms with Gasteiger partial charge in [0.1, 0.15) is 11.5 Å². The van der Waals surface area contributed by atoms with Crippen LogP contribution in [0.5, 0.6) is 11.5 Å². The Balaban J connectivity index is 1.64. The van der Waals surface area contributed by atoms with Crippen molar-refractivity contribution in [3.63, 3.8) is 0 Å². The van der Waals surface area contributed by atoms with Crippen molar-refractivity contribution in [3.05, 3.63) is 94.5 Å². The maximum absolute atomic E-state index is 12.7. The standard InChI is InChI=1S/C21H14O4/c22-20(13-5-7-14(8-6-13)21(23)24)16-9-10-19-17(12-16)11-15-3-1-2-4-18(15)25-19/h1-10,12H,11H2,(H,23,24). The Morgan fingerprint density at radius 2 is 1.40 bits per heavy atom. The molecule has 1 aliphatic heterocycles. The lowest BCUT2D eigenvalue weighted by Crippen LogP contribution is -2.07. The van der Waals surface area contributed by atoms with E-state index in [9.17, 15) is 9.59 Å². The van der Waals surface area contributed by atoms with Crippen LogP contribution in [-0.2, 0) is 6.42 Å². The predicted molar refractivity (Wildman–Crippen MR) is 92.6 cm³/mol. The van der Waals surface area contributed by atoms with E-state index >= 15 is 0 Å². The van der Waals surface area contributed by atoms with Crippen LogP contribution in [0, 0.1) is 0 Å². The highest BCUT2D eigenvalue weighted by Crippen LogP contribution is 2.36. The Morgan fingerprint density at radius 1 is 0.760 bits per heavy atom. The molecule has 0 aliphatic carbocycles. The molecule has 4 nitrogen and oxygen atoms in total. The molecule has 0 unspecified atom stereocenters. The van der Waals surface area contributed by atoms with Crippen molar-refractivity contribution in [1.82, 2.24) is 0 Å². The van der Waals surface area contributed by atoms with Gasteiger partial charge in [-0.3, -0.25) is 4.79 Å². The third-order valence-corrected chi connectivity index (χ3v) is 4.29. The zero-order chi connectivity index (χ0) is 17.4. The summed E-state index contributed by atoms with van der Waals surface area (Å²) in [6.07, 6.45) is 0.713. The second-order valence-electron chi connectivity index (χ2n) is 5.92. The second kappa shape index (κ2) is 5.91. The smallest absolute Gasteiger partial charge is 0.335 e. The number of hydrogen-bond donors (Lipinski definition) is 1. The van der Waals surface area contributed by atoms with Gasteiger partial charge in [0.05, 0.1) is 5.56 Å². The van der Waals surface area contributed by atoms with E-state index in [1.54, 1.807) is 6.07 Å². The topological polar surface area (TPSA) is 63.6 Å². The molecule has 0 atom stereocenters. The van der Waals surface area contributed by atoms with E-state index in [2.05, 4.69) is 0 Å². The van der Waals surface area contributed by atoms with Crippen molar-refractivity contribution in [2.24, 2.45) is 0 Å². The minimum atomic E-state index is -1.01. The Morgan fingerprint density at radius 3 is 2.16 bits per heavy atom. The summed E-state index contributed by atoms with van der Waals surface area (Å²) in [5, 5.41) is 8.95. The average molecular weight is 330 g/mol. The van der Waals surface area contributed by atoms with Gasteiger partial charge in [-0.2, -0.15) is 0 Å². The maximum Gasteiger partial charge on any atom is 0.335 e. The van der Waals surface area contributed by atoms with Gasteiger partial charge in [-0.25, -0.2) is 4.79 Å². The van der Waals surface area contributed by atoms with E-state index in [1.165, 1.54) is 24.3 Å². The van der Waals surface area contributed by atoms with Crippen molar-refractivity contribution < 1.29 is 19.4 Å². The molecular weight excluding hydrogens is 316 g/mol. The summed E-state index contributed by atoms with van der Waals surface area (Å²) in [7, 11) is 0. The minimum Gasteiger partial charge on any atom is -0.478 e. The molecule has 25 heavy (non-hydrogen) atoms. The summed E-state index contributed by atoms with van der Waals surface area (Å²) < 4.78 is 5.88. The molecule has 0 fully saturated rings. The van der Waals surface area contributed by atoms with E-state index < -0.39 is 5.97 Å². The largest absolute Gasteiger partial charge is 0.478 e. The van der Waals surface area contributed by atoms with Crippen molar-refractivity contribution in [2.45, 2.75) is 6.42 Å². The van der Waals surface area contributed by atoms with Crippen LogP contribution in [0.1, 0.15) is 37.4 Å². The number of ether oxygens (including phenoxy) is 1. The lowest BCUT2D eigenvalue weighted by atomic mass is 9.95. The fraction of sp³-hybridized carbons (Fsp3) is 0.0476. The van der Waals surface area contributed by atoms with E-state index in [4.69, 9.17) is 9.84 Å². The van der Waals surface area contributed by atoms with Crippen LogP contribution in [0.25, 0.3) is 0 Å². The fourth-order valence-electron chi connectivity index (χ4n) is 2.96. The summed E-state index contributed by atoms with van der Waals surface area (Å²) in [5.41, 5.74) is 3.23. The third kappa shape index (κ3) is 2.78. The van der Waals surface area contributed by atoms with Crippen molar-refractivity contribution >= 4 is 11.8 Å². The molecule has 3 aromatic carbocycles. The first kappa shape index (κ1) is 15.1. The van der Waals surface area contributed by atoms with Crippen LogP contribution < -0.4 is 4.74 Å². The second-order valence-corrected chi connectivity index (χ2v) is 5.92. The van der Waals surface area contributed by atoms with Gasteiger partial charge in [0.2, 0.25) is 0 Å². The fourth-order valence-corrected chi connectivity index (χ4v) is 2.96. The first-order valence-corrected chi connectivity index (χ1v) is 7.88. The van der Waals surface area contributed by atoms with Crippen LogP contribution in [0.2, 0.25) is 0 Å². The summed E-state index contributed by atoms with van der Waals surface area (Å²) in [6, 6.07) is 19.2. The van der Waals surface area contributed by atoms with Crippen molar-refractivity contribution in [3.8, 4) is 11.5 Å². The van der Waals surface area contributed by atoms with Gasteiger partial charge < -0.3 is 9.84 Å². The summed E-state index contributed by atoms with van der Waals surface area (Å²) in [6.45, 7) is 0. The number of fused-ring (bicyclic) bond motifs is 2. The molecule has 0 spiro atoms. The number of carboxylic acid groups (broad SMARTS) is 1. The van der Waals surface area contributed by atoms with Gasteiger partial charge in [0.15, 0.2) is 5.78 Å². The number of carbonyl (C=O) groups is 2. The lowest BCUT2D eigenvalue weighted by Gasteiger charge is -2.20. The highest BCUT2D eigenvalue weighted by Gasteiger charge is 2.19. The number of rotatable bonds is 3. The molecule has 0 amide bonds. The van der Waals surface area contributed by atoms with Gasteiger partial charge in [0.25, 0.3) is 0 Å². The van der Waals surface area contributed by atoms with Crippen LogP contribution >= 0.6 is 0 Å². The lowest BCUT2D eigenvalue weighted by molar-refractivity contribution is 0.0696. The molecule has 1 heterocycles. The normalized spacial score (nSPS) is 11.8. The zero-order valence-electron chi connectivity index (χ0n) is 13.2. The van der Waals surface area contributed by atoms with E-state index in [1.807, 2.05) is 36.4 Å². The predicted octanol–water partition coefficient (Wildman–Crippen LogP) is 4.31. The highest BCUT2D eigenvalue weighted by molar-refractivity contribution is 6.09. The first-order valence-electron chi connectivity index (χ1n) is 7.88. The summed E-state index contributed by atoms with van der Waals surface area (Å²) in [4.78, 5) is 23.6. The number of hydrogen-bond acceptors (Lipinski definition) is 3. The number of ketones is 1. The first-order chi connectivity index (χ1) is 12.1. The van der Waals surface area contributed by atoms with E-state index in [0.717, 1.165) is 22.6 Å². The molecule has 0 radical (unpaired) electrons. The van der Waals surface area contributed by atoms with Crippen LogP contribution in [0.15, 0.2) is 66.7 Å². The molecule has 1 aliphatic rings. The van der Waals surface area contributed by atoms with E-state index in [-0.39, 0.29) is 11.3 Å². The summed E-state index contributed by atoms with van der Waals surface area (Å²) in [5.74, 6) is 0.456. The Bertz CT molecular complexity index is 987. The highest BCUT2D eigenvalue weighted by atomic mass is 16.5. The Labute approximate surface area is 144 Å². The molecule has 122 valence electrons. The van der Waals surface area contributed by atoms with Crippen LogP contribution in [0.4, 0.5) is 0 Å². The number of carbonyl (C=O) groups excluding carboxylic acids is 1. The van der Waals surface area contributed by atoms with Gasteiger partial charge in [-0.15, -0.1) is 0 Å². The SMILES string of the molecule is O=C(O)c1ccc(C(=O)c2ccc3c(c2)Cc2ccccc2O3)cc1. The Hall–Kier alpha value is -3.40. The van der Waals surface area contributed by atoms with Gasteiger partial charge >= 0.3 is 5.97 Å². The van der Waals surface area contributed by atoms with Crippen molar-refractivity contribution in [1.29, 1.82) is 0 Å². The maximum atomic E-state index is 12.7. The molecule has 1 N–H and O–H groups in total. The zero-order valence-corrected chi connectivity index (χ0v) is 13.2. The monoisotopic (exact) mass is 330 g/mol. The molecule has 3 aromatic rings. The van der Waals surface area contributed by atoms with Gasteiger partial charge in [-0.1, -0.05) is 30.3 Å². The average Bonchev–Trinajstić information content (AvgIpc) is 2.65. The summed E-state index contributed by atoms with van der Waals surface area (Å²) >= 11 is 0. The molecular formula is C21H14O4. The molecule has 0 saturated heterocycles. The van der Waals surface area contributed by atoms with E-state index in [0.29, 0.717) is 17.5 Å². The van der Waals surface area contributed by atoms with Crippen LogP contribution in [0.3, 0.4) is 0 Å². The number of para-hydroxylation sites is 1. The Kier molecular flexibility index (Phi) is 3.58. The molecule has 0 bridgehead atoms.